The number of cyclic esters (lactones) is 2. The second-order valence-corrected chi connectivity index (χ2v) is 7.12. The Hall–Kier alpha value is -3.45. The summed E-state index contributed by atoms with van der Waals surface area (Å²) in [6.07, 6.45) is 2.42. The molecular weight excluding hydrogens is 372 g/mol. The van der Waals surface area contributed by atoms with Crippen molar-refractivity contribution in [3.05, 3.63) is 83.4 Å². The van der Waals surface area contributed by atoms with E-state index in [0.29, 0.717) is 6.42 Å². The number of rotatable bonds is 3. The molecule has 7 nitrogen and oxygen atoms in total. The van der Waals surface area contributed by atoms with Crippen LogP contribution in [-0.4, -0.2) is 36.2 Å². The van der Waals surface area contributed by atoms with Crippen LogP contribution in [0.25, 0.3) is 0 Å². The fraction of sp³-hybridized carbons (Fsp3) is 0.227. The van der Waals surface area contributed by atoms with Gasteiger partial charge in [-0.3, -0.25) is 10.5 Å². The predicted octanol–water partition coefficient (Wildman–Crippen LogP) is 1.17. The molecule has 0 spiro atoms. The zero-order chi connectivity index (χ0) is 20.4. The molecule has 0 saturated carbocycles. The molecule has 1 heterocycles. The quantitative estimate of drug-likeness (QED) is 0.760. The smallest absolute Gasteiger partial charge is 0.333 e. The summed E-state index contributed by atoms with van der Waals surface area (Å²) in [4.78, 5) is 36.3. The van der Waals surface area contributed by atoms with E-state index in [1.807, 2.05) is 54.6 Å². The molecule has 148 valence electrons. The van der Waals surface area contributed by atoms with Crippen LogP contribution in [0.5, 0.6) is 0 Å². The fourth-order valence-electron chi connectivity index (χ4n) is 3.81. The molecule has 0 radical (unpaired) electrons. The largest absolute Gasteiger partial charge is 0.456 e. The van der Waals surface area contributed by atoms with Gasteiger partial charge in [0.25, 0.3) is 11.6 Å². The molecule has 2 aromatic rings. The molecule has 2 aliphatic rings. The number of hydrogen-bond acceptors (Lipinski definition) is 6. The van der Waals surface area contributed by atoms with E-state index in [1.165, 1.54) is 0 Å². The molecule has 3 N–H and O–H groups in total. The van der Waals surface area contributed by atoms with Crippen LogP contribution in [0.3, 0.4) is 0 Å². The second-order valence-electron chi connectivity index (χ2n) is 7.12. The summed E-state index contributed by atoms with van der Waals surface area (Å²) in [5.41, 5.74) is 7.23. The first-order chi connectivity index (χ1) is 14.0. The van der Waals surface area contributed by atoms with E-state index in [-0.39, 0.29) is 12.0 Å². The van der Waals surface area contributed by atoms with Crippen molar-refractivity contribution in [2.24, 2.45) is 5.73 Å². The maximum absolute atomic E-state index is 13.0. The molecule has 1 amide bonds. The van der Waals surface area contributed by atoms with Crippen LogP contribution in [0.15, 0.2) is 66.7 Å². The standard InChI is InChI=1S/C22H20N2O5/c23-22(13-28-18(25)10-11-19(26)29-22)21(27)24-17-12-15-8-4-5-9-16(15)20(17)14-6-2-1-3-7-14/h1-11,17,20H,12-13,23H2,(H,24,27)/b11-10-/t17-,20-,22-/m0/s1. The third kappa shape index (κ3) is 3.77. The van der Waals surface area contributed by atoms with Gasteiger partial charge in [0.1, 0.15) is 0 Å². The topological polar surface area (TPSA) is 108 Å². The Morgan fingerprint density at radius 2 is 1.69 bits per heavy atom. The van der Waals surface area contributed by atoms with Crippen molar-refractivity contribution >= 4 is 17.8 Å². The van der Waals surface area contributed by atoms with Crippen LogP contribution in [0, 0.1) is 0 Å². The number of ether oxygens (including phenoxy) is 2. The lowest BCUT2D eigenvalue weighted by Gasteiger charge is -2.30. The average Bonchev–Trinajstić information content (AvgIpc) is 3.08. The highest BCUT2D eigenvalue weighted by Crippen LogP contribution is 2.38. The summed E-state index contributed by atoms with van der Waals surface area (Å²) in [7, 11) is 0. The van der Waals surface area contributed by atoms with E-state index >= 15 is 0 Å². The number of nitrogens with two attached hydrogens (primary N) is 1. The molecule has 0 bridgehead atoms. The summed E-state index contributed by atoms with van der Waals surface area (Å²) in [6, 6.07) is 17.5. The molecule has 1 aliphatic heterocycles. The first-order valence-corrected chi connectivity index (χ1v) is 9.27. The molecule has 0 unspecified atom stereocenters. The van der Waals surface area contributed by atoms with Gasteiger partial charge in [-0.05, 0) is 23.1 Å². The highest BCUT2D eigenvalue weighted by atomic mass is 16.6. The van der Waals surface area contributed by atoms with E-state index in [1.54, 1.807) is 0 Å². The van der Waals surface area contributed by atoms with Gasteiger partial charge in [-0.2, -0.15) is 0 Å². The Morgan fingerprint density at radius 1 is 1.00 bits per heavy atom. The maximum atomic E-state index is 13.0. The van der Waals surface area contributed by atoms with E-state index in [9.17, 15) is 14.4 Å². The van der Waals surface area contributed by atoms with E-state index in [4.69, 9.17) is 15.2 Å². The number of nitrogens with one attached hydrogen (secondary N) is 1. The Balaban J connectivity index is 1.61. The zero-order valence-electron chi connectivity index (χ0n) is 15.5. The highest BCUT2D eigenvalue weighted by molar-refractivity contribution is 5.95. The summed E-state index contributed by atoms with van der Waals surface area (Å²) in [6.45, 7) is -0.566. The van der Waals surface area contributed by atoms with Crippen LogP contribution in [0.4, 0.5) is 0 Å². The van der Waals surface area contributed by atoms with Crippen molar-refractivity contribution in [3.63, 3.8) is 0 Å². The van der Waals surface area contributed by atoms with Crippen molar-refractivity contribution in [1.29, 1.82) is 0 Å². The van der Waals surface area contributed by atoms with Gasteiger partial charge in [-0.25, -0.2) is 9.59 Å². The lowest BCUT2D eigenvalue weighted by molar-refractivity contribution is -0.175. The molecule has 4 rings (SSSR count). The molecule has 0 saturated heterocycles. The fourth-order valence-corrected chi connectivity index (χ4v) is 3.81. The first-order valence-electron chi connectivity index (χ1n) is 9.27. The SMILES string of the molecule is N[C@@]1(C(=O)N[C@H]2Cc3ccccc3[C@@H]2c2ccccc2)COC(=O)/C=C\C(=O)O1. The van der Waals surface area contributed by atoms with Crippen molar-refractivity contribution in [2.45, 2.75) is 24.1 Å². The normalized spacial score (nSPS) is 27.1. The zero-order valence-corrected chi connectivity index (χ0v) is 15.5. The van der Waals surface area contributed by atoms with Crippen molar-refractivity contribution in [3.8, 4) is 0 Å². The molecule has 1 aliphatic carbocycles. The number of benzene rings is 2. The lowest BCUT2D eigenvalue weighted by atomic mass is 9.90. The maximum Gasteiger partial charge on any atom is 0.333 e. The van der Waals surface area contributed by atoms with E-state index < -0.39 is 30.2 Å². The van der Waals surface area contributed by atoms with Gasteiger partial charge in [0, 0.05) is 24.1 Å². The Kier molecular flexibility index (Phi) is 4.90. The molecule has 2 aromatic carbocycles. The molecule has 0 aromatic heterocycles. The molecular formula is C22H20N2O5. The summed E-state index contributed by atoms with van der Waals surface area (Å²) in [5.74, 6) is -2.44. The van der Waals surface area contributed by atoms with Crippen LogP contribution >= 0.6 is 0 Å². The van der Waals surface area contributed by atoms with Crippen LogP contribution in [0.2, 0.25) is 0 Å². The van der Waals surface area contributed by atoms with Gasteiger partial charge in [-0.15, -0.1) is 0 Å². The summed E-state index contributed by atoms with van der Waals surface area (Å²) < 4.78 is 10.00. The van der Waals surface area contributed by atoms with Gasteiger partial charge in [-0.1, -0.05) is 54.6 Å². The van der Waals surface area contributed by atoms with Crippen LogP contribution in [0.1, 0.15) is 22.6 Å². The Labute approximate surface area is 167 Å². The molecule has 29 heavy (non-hydrogen) atoms. The Bertz CT molecular complexity index is 988. The van der Waals surface area contributed by atoms with Crippen molar-refractivity contribution in [2.75, 3.05) is 6.61 Å². The van der Waals surface area contributed by atoms with Crippen LogP contribution < -0.4 is 11.1 Å². The van der Waals surface area contributed by atoms with Crippen molar-refractivity contribution < 1.29 is 23.9 Å². The number of esters is 2. The van der Waals surface area contributed by atoms with Crippen LogP contribution in [-0.2, 0) is 30.3 Å². The Morgan fingerprint density at radius 3 is 2.48 bits per heavy atom. The van der Waals surface area contributed by atoms with Gasteiger partial charge in [0.2, 0.25) is 0 Å². The van der Waals surface area contributed by atoms with E-state index in [2.05, 4.69) is 5.32 Å². The van der Waals surface area contributed by atoms with E-state index in [0.717, 1.165) is 28.8 Å². The number of hydrogen-bond donors (Lipinski definition) is 2. The lowest BCUT2D eigenvalue weighted by Crippen LogP contribution is -2.62. The minimum absolute atomic E-state index is 0.0772. The summed E-state index contributed by atoms with van der Waals surface area (Å²) in [5, 5.41) is 2.91. The minimum atomic E-state index is -2.10. The second kappa shape index (κ2) is 7.52. The average molecular weight is 392 g/mol. The third-order valence-corrected chi connectivity index (χ3v) is 5.16. The highest BCUT2D eigenvalue weighted by Gasteiger charge is 2.44. The van der Waals surface area contributed by atoms with Gasteiger partial charge < -0.3 is 14.8 Å². The van der Waals surface area contributed by atoms with Gasteiger partial charge in [0.05, 0.1) is 0 Å². The predicted molar refractivity (Wildman–Crippen MR) is 103 cm³/mol. The molecule has 3 atom stereocenters. The summed E-state index contributed by atoms with van der Waals surface area (Å²) >= 11 is 0. The first kappa shape index (κ1) is 18.9. The van der Waals surface area contributed by atoms with Gasteiger partial charge >= 0.3 is 11.9 Å². The number of amides is 1. The number of carbonyl (C=O) groups excluding carboxylic acids is 3. The molecule has 7 heteroatoms. The third-order valence-electron chi connectivity index (χ3n) is 5.16. The minimum Gasteiger partial charge on any atom is -0.456 e. The van der Waals surface area contributed by atoms with Crippen molar-refractivity contribution in [1.82, 2.24) is 5.32 Å². The monoisotopic (exact) mass is 392 g/mol. The molecule has 0 fully saturated rings. The number of fused-ring (bicyclic) bond motifs is 1. The van der Waals surface area contributed by atoms with Gasteiger partial charge in [0.15, 0.2) is 6.61 Å². The number of carbonyl (C=O) groups is 3.